The van der Waals surface area contributed by atoms with Gasteiger partial charge in [-0.2, -0.15) is 4.31 Å². The average molecular weight is 427 g/mol. The van der Waals surface area contributed by atoms with Gasteiger partial charge in [-0.15, -0.1) is 0 Å². The van der Waals surface area contributed by atoms with Crippen molar-refractivity contribution in [2.75, 3.05) is 46.9 Å². The molecule has 1 aromatic rings. The van der Waals surface area contributed by atoms with Gasteiger partial charge in [0.05, 0.1) is 18.0 Å². The van der Waals surface area contributed by atoms with Crippen molar-refractivity contribution in [1.82, 2.24) is 19.8 Å². The molecule has 0 spiro atoms. The lowest BCUT2D eigenvalue weighted by molar-refractivity contribution is -0.140. The highest BCUT2D eigenvalue weighted by molar-refractivity contribution is 7.89. The largest absolute Gasteiger partial charge is 0.360 e. The molecule has 1 unspecified atom stereocenters. The number of carbonyl (C=O) groups is 2. The zero-order valence-corrected chi connectivity index (χ0v) is 18.2. The Morgan fingerprint density at radius 2 is 1.90 bits per heavy atom. The van der Waals surface area contributed by atoms with Gasteiger partial charge in [-0.1, -0.05) is 12.1 Å². The van der Waals surface area contributed by atoms with E-state index in [1.54, 1.807) is 19.1 Å². The second kappa shape index (κ2) is 10.1. The maximum Gasteiger partial charge on any atom is 0.309 e. The Morgan fingerprint density at radius 3 is 2.59 bits per heavy atom. The molecule has 29 heavy (non-hydrogen) atoms. The van der Waals surface area contributed by atoms with E-state index in [0.717, 1.165) is 5.56 Å². The summed E-state index contributed by atoms with van der Waals surface area (Å²) in [7, 11) is -0.0878. The Labute approximate surface area is 172 Å². The molecule has 1 aliphatic rings. The van der Waals surface area contributed by atoms with Gasteiger partial charge >= 0.3 is 11.8 Å². The number of sulfonamides is 1. The molecule has 1 fully saturated rings. The van der Waals surface area contributed by atoms with Gasteiger partial charge in [-0.05, 0) is 51.6 Å². The summed E-state index contributed by atoms with van der Waals surface area (Å²) >= 11 is 0. The van der Waals surface area contributed by atoms with Gasteiger partial charge in [0, 0.05) is 19.6 Å². The SMILES string of the molecule is Cc1ccc(C)c(S(=O)(=O)N2CCCOC2CNC(=O)C(=O)NCCN(C)C)c1. The molecule has 0 aliphatic carbocycles. The minimum Gasteiger partial charge on any atom is -0.360 e. The zero-order chi connectivity index (χ0) is 21.6. The number of hydrogen-bond donors (Lipinski definition) is 2. The summed E-state index contributed by atoms with van der Waals surface area (Å²) in [6.07, 6.45) is -0.313. The van der Waals surface area contributed by atoms with Crippen molar-refractivity contribution in [3.8, 4) is 0 Å². The van der Waals surface area contributed by atoms with Gasteiger partial charge < -0.3 is 20.3 Å². The van der Waals surface area contributed by atoms with E-state index in [9.17, 15) is 18.0 Å². The molecule has 1 aliphatic heterocycles. The van der Waals surface area contributed by atoms with Crippen LogP contribution in [0.3, 0.4) is 0 Å². The lowest BCUT2D eigenvalue weighted by Crippen LogP contribution is -2.53. The Hall–Kier alpha value is -2.01. The molecule has 1 atom stereocenters. The Bertz CT molecular complexity index is 841. The first-order valence-corrected chi connectivity index (χ1v) is 11.0. The first kappa shape index (κ1) is 23.3. The molecule has 1 heterocycles. The van der Waals surface area contributed by atoms with Crippen molar-refractivity contribution < 1.29 is 22.7 Å². The average Bonchev–Trinajstić information content (AvgIpc) is 2.67. The molecular weight excluding hydrogens is 396 g/mol. The van der Waals surface area contributed by atoms with Crippen LogP contribution in [0.1, 0.15) is 17.5 Å². The van der Waals surface area contributed by atoms with E-state index in [-0.39, 0.29) is 18.0 Å². The molecule has 2 rings (SSSR count). The quantitative estimate of drug-likeness (QED) is 0.587. The number of aryl methyl sites for hydroxylation is 2. The summed E-state index contributed by atoms with van der Waals surface area (Å²) in [5.41, 5.74) is 1.48. The van der Waals surface area contributed by atoms with Crippen molar-refractivity contribution in [3.05, 3.63) is 29.3 Å². The number of amides is 2. The van der Waals surface area contributed by atoms with Crippen LogP contribution in [0.25, 0.3) is 0 Å². The summed E-state index contributed by atoms with van der Waals surface area (Å²) in [5, 5.41) is 4.99. The fraction of sp³-hybridized carbons (Fsp3) is 0.579. The molecule has 162 valence electrons. The van der Waals surface area contributed by atoms with Crippen LogP contribution in [-0.2, 0) is 24.3 Å². The van der Waals surface area contributed by atoms with Crippen LogP contribution in [-0.4, -0.2) is 82.5 Å². The molecule has 2 N–H and O–H groups in total. The highest BCUT2D eigenvalue weighted by Crippen LogP contribution is 2.25. The monoisotopic (exact) mass is 426 g/mol. The Balaban J connectivity index is 2.05. The summed E-state index contributed by atoms with van der Waals surface area (Å²) in [6, 6.07) is 5.25. The van der Waals surface area contributed by atoms with Gasteiger partial charge in [0.1, 0.15) is 6.23 Å². The summed E-state index contributed by atoms with van der Waals surface area (Å²) in [5.74, 6) is -1.58. The minimum atomic E-state index is -3.81. The fourth-order valence-electron chi connectivity index (χ4n) is 2.95. The van der Waals surface area contributed by atoms with Crippen molar-refractivity contribution >= 4 is 21.8 Å². The second-order valence-electron chi connectivity index (χ2n) is 7.33. The molecule has 10 heteroatoms. The van der Waals surface area contributed by atoms with E-state index in [2.05, 4.69) is 10.6 Å². The van der Waals surface area contributed by atoms with Gasteiger partial charge in [-0.25, -0.2) is 8.42 Å². The number of nitrogens with one attached hydrogen (secondary N) is 2. The molecule has 0 aromatic heterocycles. The van der Waals surface area contributed by atoms with Gasteiger partial charge in [-0.3, -0.25) is 9.59 Å². The van der Waals surface area contributed by atoms with Gasteiger partial charge in [0.15, 0.2) is 0 Å². The lowest BCUT2D eigenvalue weighted by Gasteiger charge is -2.35. The first-order chi connectivity index (χ1) is 13.6. The third-order valence-electron chi connectivity index (χ3n) is 4.57. The number of benzene rings is 1. The highest BCUT2D eigenvalue weighted by Gasteiger charge is 2.35. The third-order valence-corrected chi connectivity index (χ3v) is 6.60. The van der Waals surface area contributed by atoms with Crippen LogP contribution >= 0.6 is 0 Å². The normalized spacial score (nSPS) is 17.9. The second-order valence-corrected chi connectivity index (χ2v) is 9.19. The van der Waals surface area contributed by atoms with Crippen LogP contribution in [0.4, 0.5) is 0 Å². The zero-order valence-electron chi connectivity index (χ0n) is 17.4. The van der Waals surface area contributed by atoms with Crippen LogP contribution in [0.5, 0.6) is 0 Å². The fourth-order valence-corrected chi connectivity index (χ4v) is 4.82. The van der Waals surface area contributed by atoms with E-state index in [0.29, 0.717) is 31.7 Å². The maximum absolute atomic E-state index is 13.2. The summed E-state index contributed by atoms with van der Waals surface area (Å²) < 4.78 is 33.3. The van der Waals surface area contributed by atoms with Crippen molar-refractivity contribution in [2.24, 2.45) is 0 Å². The number of hydrogen-bond acceptors (Lipinski definition) is 6. The van der Waals surface area contributed by atoms with Crippen LogP contribution in [0, 0.1) is 13.8 Å². The van der Waals surface area contributed by atoms with E-state index in [4.69, 9.17) is 4.74 Å². The van der Waals surface area contributed by atoms with Gasteiger partial charge in [0.2, 0.25) is 10.0 Å². The molecule has 1 aromatic carbocycles. The predicted octanol–water partition coefficient (Wildman–Crippen LogP) is -0.165. The lowest BCUT2D eigenvalue weighted by atomic mass is 10.2. The van der Waals surface area contributed by atoms with Crippen molar-refractivity contribution in [3.63, 3.8) is 0 Å². The minimum absolute atomic E-state index is 0.107. The van der Waals surface area contributed by atoms with Crippen LogP contribution in [0.15, 0.2) is 23.1 Å². The van der Waals surface area contributed by atoms with E-state index < -0.39 is 28.1 Å². The molecule has 9 nitrogen and oxygen atoms in total. The predicted molar refractivity (Wildman–Crippen MR) is 109 cm³/mol. The van der Waals surface area contributed by atoms with Crippen LogP contribution < -0.4 is 10.6 Å². The molecule has 1 saturated heterocycles. The number of nitrogens with zero attached hydrogens (tertiary/aromatic N) is 2. The molecular formula is C19H30N4O5S. The van der Waals surface area contributed by atoms with Gasteiger partial charge in [0.25, 0.3) is 0 Å². The molecule has 0 bridgehead atoms. The smallest absolute Gasteiger partial charge is 0.309 e. The standard InChI is InChI=1S/C19H30N4O5S/c1-14-6-7-15(2)16(12-14)29(26,27)23-9-5-11-28-17(23)13-21-19(25)18(24)20-8-10-22(3)4/h6-7,12,17H,5,8-11,13H2,1-4H3,(H,20,24)(H,21,25). The number of ether oxygens (including phenoxy) is 1. The Morgan fingerprint density at radius 1 is 1.21 bits per heavy atom. The summed E-state index contributed by atoms with van der Waals surface area (Å²) in [6.45, 7) is 5.08. The first-order valence-electron chi connectivity index (χ1n) is 9.54. The van der Waals surface area contributed by atoms with E-state index >= 15 is 0 Å². The number of rotatable bonds is 7. The molecule has 0 radical (unpaired) electrons. The summed E-state index contributed by atoms with van der Waals surface area (Å²) in [4.78, 5) is 26.0. The number of carbonyl (C=O) groups excluding carboxylic acids is 2. The van der Waals surface area contributed by atoms with Crippen molar-refractivity contribution in [2.45, 2.75) is 31.4 Å². The van der Waals surface area contributed by atoms with Crippen molar-refractivity contribution in [1.29, 1.82) is 0 Å². The number of likely N-dealkylation sites (N-methyl/N-ethyl adjacent to an activating group) is 1. The topological polar surface area (TPSA) is 108 Å². The van der Waals surface area contributed by atoms with E-state index in [1.165, 1.54) is 4.31 Å². The molecule has 2 amide bonds. The molecule has 0 saturated carbocycles. The van der Waals surface area contributed by atoms with Crippen LogP contribution in [0.2, 0.25) is 0 Å². The van der Waals surface area contributed by atoms with E-state index in [1.807, 2.05) is 32.0 Å². The Kier molecular flexibility index (Phi) is 8.14. The highest BCUT2D eigenvalue weighted by atomic mass is 32.2. The maximum atomic E-state index is 13.2. The third kappa shape index (κ3) is 6.23.